The van der Waals surface area contributed by atoms with Gasteiger partial charge in [0.25, 0.3) is 11.8 Å². The van der Waals surface area contributed by atoms with Crippen molar-refractivity contribution in [3.8, 4) is 5.75 Å². The molecule has 0 saturated carbocycles. The van der Waals surface area contributed by atoms with Crippen molar-refractivity contribution in [1.29, 1.82) is 0 Å². The summed E-state index contributed by atoms with van der Waals surface area (Å²) >= 11 is 3.13. The number of nitrogens with one attached hydrogen (secondary N) is 2. The molecule has 0 unspecified atom stereocenters. The molecule has 7 nitrogen and oxygen atoms in total. The van der Waals surface area contributed by atoms with Crippen LogP contribution >= 0.6 is 23.5 Å². The quantitative estimate of drug-likeness (QED) is 0.607. The Balaban J connectivity index is 1.85. The second-order valence-corrected chi connectivity index (χ2v) is 9.18. The fraction of sp³-hybridized carbons (Fsp3) is 0.318. The van der Waals surface area contributed by atoms with Crippen LogP contribution in [0.2, 0.25) is 0 Å². The zero-order valence-electron chi connectivity index (χ0n) is 17.8. The summed E-state index contributed by atoms with van der Waals surface area (Å²) in [5, 5.41) is 3.46. The van der Waals surface area contributed by atoms with E-state index in [1.54, 1.807) is 30.0 Å². The van der Waals surface area contributed by atoms with Crippen molar-refractivity contribution in [2.45, 2.75) is 36.3 Å². The molecule has 9 heteroatoms. The molecule has 1 aliphatic rings. The van der Waals surface area contributed by atoms with Crippen molar-refractivity contribution in [1.82, 2.24) is 10.4 Å². The van der Waals surface area contributed by atoms with Crippen molar-refractivity contribution >= 4 is 46.9 Å². The van der Waals surface area contributed by atoms with Gasteiger partial charge in [-0.25, -0.2) is 5.01 Å². The first-order chi connectivity index (χ1) is 14.8. The molecule has 2 aromatic rings. The summed E-state index contributed by atoms with van der Waals surface area (Å²) in [5.74, 6) is -0.500. The molecular formula is C22H25N3O4S2. The van der Waals surface area contributed by atoms with Gasteiger partial charge in [0.05, 0.1) is 17.4 Å². The minimum absolute atomic E-state index is 0.162. The number of hydrogen-bond acceptors (Lipinski definition) is 6. The molecule has 3 amide bonds. The summed E-state index contributed by atoms with van der Waals surface area (Å²) in [6, 6.07) is 12.8. The van der Waals surface area contributed by atoms with Crippen LogP contribution in [0.5, 0.6) is 5.75 Å². The van der Waals surface area contributed by atoms with Gasteiger partial charge in [0, 0.05) is 23.6 Å². The first kappa shape index (κ1) is 23.0. The van der Waals surface area contributed by atoms with Crippen LogP contribution in [0.25, 0.3) is 0 Å². The normalized spacial score (nSPS) is 18.1. The number of thioether (sulfide) groups is 2. The van der Waals surface area contributed by atoms with E-state index >= 15 is 0 Å². The van der Waals surface area contributed by atoms with E-state index in [0.717, 1.165) is 10.5 Å². The lowest BCUT2D eigenvalue weighted by molar-refractivity contribution is -0.132. The summed E-state index contributed by atoms with van der Waals surface area (Å²) < 4.78 is 5.61. The molecule has 1 aliphatic heterocycles. The average molecular weight is 460 g/mol. The minimum Gasteiger partial charge on any atom is -0.493 e. The standard InChI is InChI=1S/C22H25N3O4S2/c1-5-29-19-12-16(23-14(3)26)8-11-18(19)20(27)24-25-21(28)13(2)31-22(25)15-6-9-17(30-4)10-7-15/h6-13,22H,5H2,1-4H3,(H,23,26)(H,24,27)/t13-,22-/m1/s1. The van der Waals surface area contributed by atoms with Gasteiger partial charge in [-0.1, -0.05) is 12.1 Å². The van der Waals surface area contributed by atoms with Gasteiger partial charge in [-0.3, -0.25) is 19.8 Å². The highest BCUT2D eigenvalue weighted by atomic mass is 32.2. The van der Waals surface area contributed by atoms with Crippen LogP contribution in [0.3, 0.4) is 0 Å². The highest BCUT2D eigenvalue weighted by Crippen LogP contribution is 2.42. The molecule has 2 atom stereocenters. The van der Waals surface area contributed by atoms with Crippen LogP contribution in [0, 0.1) is 0 Å². The van der Waals surface area contributed by atoms with E-state index in [4.69, 9.17) is 4.74 Å². The monoisotopic (exact) mass is 459 g/mol. The number of nitrogens with zero attached hydrogens (tertiary/aromatic N) is 1. The fourth-order valence-corrected chi connectivity index (χ4v) is 4.79. The minimum atomic E-state index is -0.452. The summed E-state index contributed by atoms with van der Waals surface area (Å²) in [7, 11) is 0. The van der Waals surface area contributed by atoms with Gasteiger partial charge in [0.15, 0.2) is 0 Å². The third-order valence-corrected chi connectivity index (χ3v) is 6.72. The topological polar surface area (TPSA) is 87.7 Å². The van der Waals surface area contributed by atoms with Crippen molar-refractivity contribution in [3.05, 3.63) is 53.6 Å². The molecule has 1 fully saturated rings. The zero-order valence-corrected chi connectivity index (χ0v) is 19.4. The number of anilines is 1. The van der Waals surface area contributed by atoms with Crippen molar-refractivity contribution < 1.29 is 19.1 Å². The Morgan fingerprint density at radius 1 is 1.19 bits per heavy atom. The van der Waals surface area contributed by atoms with Crippen molar-refractivity contribution in [3.63, 3.8) is 0 Å². The van der Waals surface area contributed by atoms with Gasteiger partial charge in [-0.05, 0) is 49.9 Å². The lowest BCUT2D eigenvalue weighted by Crippen LogP contribution is -2.45. The highest BCUT2D eigenvalue weighted by Gasteiger charge is 2.40. The van der Waals surface area contributed by atoms with Gasteiger partial charge >= 0.3 is 0 Å². The van der Waals surface area contributed by atoms with Gasteiger partial charge in [0.1, 0.15) is 11.1 Å². The molecular weight excluding hydrogens is 434 g/mol. The maximum Gasteiger partial charge on any atom is 0.273 e. The Morgan fingerprint density at radius 2 is 1.90 bits per heavy atom. The second kappa shape index (κ2) is 10.1. The van der Waals surface area contributed by atoms with Gasteiger partial charge in [-0.2, -0.15) is 0 Å². The lowest BCUT2D eigenvalue weighted by atomic mass is 10.1. The highest BCUT2D eigenvalue weighted by molar-refractivity contribution is 8.01. The third-order valence-electron chi connectivity index (χ3n) is 4.62. The van der Waals surface area contributed by atoms with Crippen LogP contribution in [-0.4, -0.2) is 40.8 Å². The van der Waals surface area contributed by atoms with Gasteiger partial charge in [-0.15, -0.1) is 23.5 Å². The Bertz CT molecular complexity index is 981. The maximum atomic E-state index is 13.1. The van der Waals surface area contributed by atoms with E-state index in [1.165, 1.54) is 23.7 Å². The first-order valence-corrected chi connectivity index (χ1v) is 12.0. The molecule has 0 aliphatic carbocycles. The SMILES string of the molecule is CCOc1cc(NC(C)=O)ccc1C(=O)NN1C(=O)[C@@H](C)S[C@@H]1c1ccc(SC)cc1. The summed E-state index contributed by atoms with van der Waals surface area (Å²) in [5.41, 5.74) is 4.51. The van der Waals surface area contributed by atoms with Gasteiger partial charge in [0.2, 0.25) is 5.91 Å². The predicted octanol–water partition coefficient (Wildman–Crippen LogP) is 4.07. The number of carbonyl (C=O) groups excluding carboxylic acids is 3. The Morgan fingerprint density at radius 3 is 2.52 bits per heavy atom. The summed E-state index contributed by atoms with van der Waals surface area (Å²) in [6.07, 6.45) is 2.00. The average Bonchev–Trinajstić information content (AvgIpc) is 3.02. The van der Waals surface area contributed by atoms with Crippen LogP contribution in [0.15, 0.2) is 47.4 Å². The first-order valence-electron chi connectivity index (χ1n) is 9.82. The Hall–Kier alpha value is -2.65. The summed E-state index contributed by atoms with van der Waals surface area (Å²) in [4.78, 5) is 38.3. The van der Waals surface area contributed by atoms with E-state index in [1.807, 2.05) is 44.4 Å². The second-order valence-electron chi connectivity index (χ2n) is 6.88. The van der Waals surface area contributed by atoms with E-state index in [0.29, 0.717) is 18.0 Å². The number of amides is 3. The number of rotatable bonds is 7. The number of benzene rings is 2. The van der Waals surface area contributed by atoms with Crippen molar-refractivity contribution in [2.75, 3.05) is 18.2 Å². The van der Waals surface area contributed by atoms with Crippen LogP contribution in [-0.2, 0) is 9.59 Å². The van der Waals surface area contributed by atoms with Crippen molar-refractivity contribution in [2.24, 2.45) is 0 Å². The van der Waals surface area contributed by atoms with Crippen LogP contribution in [0.1, 0.15) is 42.1 Å². The van der Waals surface area contributed by atoms with E-state index in [9.17, 15) is 14.4 Å². The van der Waals surface area contributed by atoms with Crippen LogP contribution < -0.4 is 15.5 Å². The number of hydrogen-bond donors (Lipinski definition) is 2. The lowest BCUT2D eigenvalue weighted by Gasteiger charge is -2.25. The molecule has 0 spiro atoms. The summed E-state index contributed by atoms with van der Waals surface area (Å²) in [6.45, 7) is 5.40. The molecule has 2 N–H and O–H groups in total. The predicted molar refractivity (Wildman–Crippen MR) is 124 cm³/mol. The van der Waals surface area contributed by atoms with Crippen LogP contribution in [0.4, 0.5) is 5.69 Å². The fourth-order valence-electron chi connectivity index (χ4n) is 3.17. The Kier molecular flexibility index (Phi) is 7.50. The van der Waals surface area contributed by atoms with E-state index in [2.05, 4.69) is 10.7 Å². The molecule has 31 heavy (non-hydrogen) atoms. The third kappa shape index (κ3) is 5.34. The van der Waals surface area contributed by atoms with Gasteiger partial charge < -0.3 is 10.1 Å². The number of hydrazine groups is 1. The molecule has 0 bridgehead atoms. The number of carbonyl (C=O) groups is 3. The molecule has 1 heterocycles. The largest absolute Gasteiger partial charge is 0.493 e. The Labute approximate surface area is 190 Å². The maximum absolute atomic E-state index is 13.1. The van der Waals surface area contributed by atoms with E-state index in [-0.39, 0.29) is 28.0 Å². The molecule has 0 aromatic heterocycles. The number of ether oxygens (including phenoxy) is 1. The smallest absolute Gasteiger partial charge is 0.273 e. The van der Waals surface area contributed by atoms with E-state index < -0.39 is 5.91 Å². The molecule has 0 radical (unpaired) electrons. The molecule has 1 saturated heterocycles. The molecule has 164 valence electrons. The molecule has 2 aromatic carbocycles. The molecule has 3 rings (SSSR count). The zero-order chi connectivity index (χ0) is 22.5.